The first-order valence-corrected chi connectivity index (χ1v) is 10.2. The van der Waals surface area contributed by atoms with Crippen LogP contribution in [0, 0.1) is 11.7 Å². The molecule has 1 aliphatic heterocycles. The van der Waals surface area contributed by atoms with Gasteiger partial charge in [0.2, 0.25) is 5.82 Å². The molecule has 0 bridgehead atoms. The third-order valence-electron chi connectivity index (χ3n) is 5.55. The topological polar surface area (TPSA) is 64.4 Å². The summed E-state index contributed by atoms with van der Waals surface area (Å²) in [4.78, 5) is 3.81. The number of nitrogens with one attached hydrogen (secondary N) is 1. The molecule has 29 heavy (non-hydrogen) atoms. The Balaban J connectivity index is 1.48. The Labute approximate surface area is 170 Å². The van der Waals surface area contributed by atoms with E-state index in [9.17, 15) is 4.39 Å². The second-order valence-electron chi connectivity index (χ2n) is 8.08. The zero-order chi connectivity index (χ0) is 20.2. The van der Waals surface area contributed by atoms with Crippen LogP contribution in [0.25, 0.3) is 0 Å². The molecule has 1 aromatic carbocycles. The van der Waals surface area contributed by atoms with Gasteiger partial charge in [-0.2, -0.15) is 0 Å². The van der Waals surface area contributed by atoms with Crippen molar-refractivity contribution < 1.29 is 13.7 Å². The van der Waals surface area contributed by atoms with Crippen LogP contribution >= 0.6 is 0 Å². The van der Waals surface area contributed by atoms with E-state index in [1.165, 1.54) is 17.0 Å². The molecule has 1 N–H and O–H groups in total. The molecule has 0 spiro atoms. The first-order chi connectivity index (χ1) is 14.1. The fraction of sp³-hybridized carbons (Fsp3) is 0.476. The first kappa shape index (κ1) is 19.6. The number of tetrazole rings is 1. The van der Waals surface area contributed by atoms with E-state index in [0.717, 1.165) is 49.9 Å². The maximum atomic E-state index is 13.2. The Morgan fingerprint density at radius 3 is 2.55 bits per heavy atom. The smallest absolute Gasteiger partial charge is 0.209 e. The number of furan rings is 1. The standard InChI is InChI=1S/C21H27FN6O/c1-16(2)14-20(21-23-24-25-28(21)15-19-4-3-13-29-19)27-11-9-26(10-12-27)18-7-5-17(22)6-8-18/h3-8,13,16,20H,9-12,14-15H2,1-2H3/p+1/t20-/m0/s1. The van der Waals surface area contributed by atoms with Crippen LogP contribution in [-0.4, -0.2) is 46.4 Å². The number of halogens is 1. The van der Waals surface area contributed by atoms with Crippen LogP contribution in [0.4, 0.5) is 10.1 Å². The highest BCUT2D eigenvalue weighted by Gasteiger charge is 2.33. The van der Waals surface area contributed by atoms with Gasteiger partial charge in [-0.05, 0) is 52.7 Å². The molecule has 2 aromatic heterocycles. The van der Waals surface area contributed by atoms with Crippen LogP contribution in [0.1, 0.15) is 37.9 Å². The van der Waals surface area contributed by atoms with Crippen molar-refractivity contribution >= 4 is 5.69 Å². The van der Waals surface area contributed by atoms with Gasteiger partial charge in [-0.15, -0.1) is 5.10 Å². The van der Waals surface area contributed by atoms with E-state index in [1.54, 1.807) is 6.26 Å². The van der Waals surface area contributed by atoms with Gasteiger partial charge >= 0.3 is 0 Å². The summed E-state index contributed by atoms with van der Waals surface area (Å²) in [7, 11) is 0. The van der Waals surface area contributed by atoms with Crippen molar-refractivity contribution in [1.82, 2.24) is 20.2 Å². The monoisotopic (exact) mass is 399 g/mol. The van der Waals surface area contributed by atoms with Gasteiger partial charge in [0.25, 0.3) is 0 Å². The van der Waals surface area contributed by atoms with Gasteiger partial charge in [-0.1, -0.05) is 13.8 Å². The quantitative estimate of drug-likeness (QED) is 0.658. The first-order valence-electron chi connectivity index (χ1n) is 10.2. The van der Waals surface area contributed by atoms with Crippen LogP contribution in [0.15, 0.2) is 47.1 Å². The fourth-order valence-corrected chi connectivity index (χ4v) is 4.10. The van der Waals surface area contributed by atoms with E-state index in [1.807, 2.05) is 28.9 Å². The van der Waals surface area contributed by atoms with E-state index < -0.39 is 0 Å². The van der Waals surface area contributed by atoms with Crippen LogP contribution in [-0.2, 0) is 6.54 Å². The van der Waals surface area contributed by atoms with Crippen molar-refractivity contribution in [2.75, 3.05) is 31.1 Å². The molecule has 0 aliphatic carbocycles. The highest BCUT2D eigenvalue weighted by molar-refractivity contribution is 5.46. The summed E-state index contributed by atoms with van der Waals surface area (Å²) < 4.78 is 20.6. The second kappa shape index (κ2) is 8.73. The number of nitrogens with zero attached hydrogens (tertiary/aromatic N) is 5. The third kappa shape index (κ3) is 4.64. The largest absolute Gasteiger partial charge is 0.467 e. The summed E-state index contributed by atoms with van der Waals surface area (Å²) in [6.45, 7) is 8.85. The number of rotatable bonds is 7. The average Bonchev–Trinajstić information content (AvgIpc) is 3.39. The van der Waals surface area contributed by atoms with Gasteiger partial charge in [0, 0.05) is 12.1 Å². The van der Waals surface area contributed by atoms with Gasteiger partial charge < -0.3 is 14.2 Å². The molecule has 4 rings (SSSR count). The molecule has 3 aromatic rings. The molecule has 1 aliphatic rings. The molecule has 8 heteroatoms. The van der Waals surface area contributed by atoms with Crippen LogP contribution in [0.3, 0.4) is 0 Å². The van der Waals surface area contributed by atoms with E-state index in [-0.39, 0.29) is 11.9 Å². The highest BCUT2D eigenvalue weighted by Crippen LogP contribution is 2.19. The van der Waals surface area contributed by atoms with Gasteiger partial charge in [0.1, 0.15) is 24.2 Å². The minimum atomic E-state index is -0.196. The van der Waals surface area contributed by atoms with Gasteiger partial charge in [-0.3, -0.25) is 0 Å². The van der Waals surface area contributed by atoms with E-state index in [2.05, 4.69) is 34.3 Å². The van der Waals surface area contributed by atoms with Crippen molar-refractivity contribution in [3.8, 4) is 0 Å². The highest BCUT2D eigenvalue weighted by atomic mass is 19.1. The summed E-state index contributed by atoms with van der Waals surface area (Å²) in [6.07, 6.45) is 2.69. The SMILES string of the molecule is CC(C)C[C@@H](c1nnnn1Cc1ccco1)[NH+]1CCN(c2ccc(F)cc2)CC1. The number of hydrogen-bond donors (Lipinski definition) is 1. The Morgan fingerprint density at radius 2 is 1.90 bits per heavy atom. The summed E-state index contributed by atoms with van der Waals surface area (Å²) in [6, 6.07) is 10.8. The summed E-state index contributed by atoms with van der Waals surface area (Å²) in [5, 5.41) is 12.6. The summed E-state index contributed by atoms with van der Waals surface area (Å²) in [5.74, 6) is 2.10. The molecular formula is C21H28FN6O+. The molecule has 7 nitrogen and oxygen atoms in total. The van der Waals surface area contributed by atoms with E-state index in [0.29, 0.717) is 12.5 Å². The maximum absolute atomic E-state index is 13.2. The van der Waals surface area contributed by atoms with Crippen molar-refractivity contribution in [2.45, 2.75) is 32.9 Å². The fourth-order valence-electron chi connectivity index (χ4n) is 4.10. The van der Waals surface area contributed by atoms with Gasteiger partial charge in [0.15, 0.2) is 0 Å². The predicted octanol–water partition coefficient (Wildman–Crippen LogP) is 1.95. The number of quaternary nitrogens is 1. The summed E-state index contributed by atoms with van der Waals surface area (Å²) in [5.41, 5.74) is 1.08. The van der Waals surface area contributed by atoms with Gasteiger partial charge in [0.05, 0.1) is 32.4 Å². The molecule has 154 valence electrons. The van der Waals surface area contributed by atoms with Crippen molar-refractivity contribution in [3.63, 3.8) is 0 Å². The average molecular weight is 399 g/mol. The lowest BCUT2D eigenvalue weighted by atomic mass is 10.0. The van der Waals surface area contributed by atoms with Crippen molar-refractivity contribution in [3.05, 3.63) is 60.1 Å². The number of aromatic nitrogens is 4. The lowest BCUT2D eigenvalue weighted by molar-refractivity contribution is -0.934. The molecule has 0 saturated carbocycles. The molecule has 1 saturated heterocycles. The number of benzene rings is 1. The number of piperazine rings is 1. The second-order valence-corrected chi connectivity index (χ2v) is 8.08. The van der Waals surface area contributed by atoms with Crippen molar-refractivity contribution in [1.29, 1.82) is 0 Å². The zero-order valence-corrected chi connectivity index (χ0v) is 17.0. The lowest BCUT2D eigenvalue weighted by Gasteiger charge is -2.37. The Morgan fingerprint density at radius 1 is 1.14 bits per heavy atom. The number of hydrogen-bond acceptors (Lipinski definition) is 5. The van der Waals surface area contributed by atoms with Crippen LogP contribution < -0.4 is 9.80 Å². The Hall–Kier alpha value is -2.74. The van der Waals surface area contributed by atoms with Crippen LogP contribution in [0.2, 0.25) is 0 Å². The number of anilines is 1. The van der Waals surface area contributed by atoms with Crippen LogP contribution in [0.5, 0.6) is 0 Å². The molecule has 0 unspecified atom stereocenters. The normalized spacial score (nSPS) is 16.5. The lowest BCUT2D eigenvalue weighted by Crippen LogP contribution is -3.15. The third-order valence-corrected chi connectivity index (χ3v) is 5.55. The Bertz CT molecular complexity index is 884. The van der Waals surface area contributed by atoms with Crippen molar-refractivity contribution in [2.24, 2.45) is 5.92 Å². The molecule has 0 radical (unpaired) electrons. The summed E-state index contributed by atoms with van der Waals surface area (Å²) >= 11 is 0. The molecule has 0 amide bonds. The molecule has 1 atom stereocenters. The van der Waals surface area contributed by atoms with E-state index >= 15 is 0 Å². The van der Waals surface area contributed by atoms with Gasteiger partial charge in [-0.25, -0.2) is 9.07 Å². The molecule has 1 fully saturated rings. The zero-order valence-electron chi connectivity index (χ0n) is 17.0. The molecular weight excluding hydrogens is 371 g/mol. The minimum Gasteiger partial charge on any atom is -0.467 e. The van der Waals surface area contributed by atoms with E-state index in [4.69, 9.17) is 4.42 Å². The molecule has 3 heterocycles. The Kier molecular flexibility index (Phi) is 5.89. The predicted molar refractivity (Wildman–Crippen MR) is 107 cm³/mol. The minimum absolute atomic E-state index is 0.196. The maximum Gasteiger partial charge on any atom is 0.209 e.